The van der Waals surface area contributed by atoms with E-state index in [1.165, 1.54) is 0 Å². The average Bonchev–Trinajstić information content (AvgIpc) is 3.32. The van der Waals surface area contributed by atoms with Crippen molar-refractivity contribution in [2.24, 2.45) is 10.9 Å². The number of esters is 2. The number of nitrogens with zero attached hydrogens (tertiary/aromatic N) is 5. The third-order valence-electron chi connectivity index (χ3n) is 7.11. The van der Waals surface area contributed by atoms with Crippen molar-refractivity contribution < 1.29 is 19.1 Å². The van der Waals surface area contributed by atoms with Crippen LogP contribution in [-0.2, 0) is 19.1 Å². The van der Waals surface area contributed by atoms with Crippen LogP contribution in [0.4, 0.5) is 0 Å². The summed E-state index contributed by atoms with van der Waals surface area (Å²) >= 11 is 6.66. The maximum Gasteiger partial charge on any atom is 0.336 e. The van der Waals surface area contributed by atoms with Gasteiger partial charge in [0, 0.05) is 34.1 Å². The molecule has 1 aliphatic heterocycles. The number of rotatable bonds is 8. The number of carbonyl (C=O) groups is 2. The Bertz CT molecular complexity index is 1770. The quantitative estimate of drug-likeness (QED) is 0.185. The van der Waals surface area contributed by atoms with Crippen LogP contribution >= 0.6 is 11.6 Å². The van der Waals surface area contributed by atoms with Crippen LogP contribution < -0.4 is 0 Å². The van der Waals surface area contributed by atoms with Crippen molar-refractivity contribution in [1.29, 1.82) is 5.26 Å². The molecule has 42 heavy (non-hydrogen) atoms. The van der Waals surface area contributed by atoms with Crippen molar-refractivity contribution in [3.63, 3.8) is 0 Å². The summed E-state index contributed by atoms with van der Waals surface area (Å²) in [5.74, 6) is -2.16. The molecule has 0 saturated carbocycles. The Kier molecular flexibility index (Phi) is 8.46. The molecule has 2 aromatic carbocycles. The molecule has 3 heterocycles. The van der Waals surface area contributed by atoms with Crippen molar-refractivity contribution in [3.05, 3.63) is 94.5 Å². The predicted molar refractivity (Wildman–Crippen MR) is 159 cm³/mol. The van der Waals surface area contributed by atoms with Crippen LogP contribution in [0.15, 0.2) is 77.6 Å². The number of aliphatic imine (C=N–C) groups is 1. The number of hydrogen-bond donors (Lipinski definition) is 0. The molecule has 1 aliphatic rings. The van der Waals surface area contributed by atoms with E-state index < -0.39 is 23.8 Å². The van der Waals surface area contributed by atoms with Gasteiger partial charge in [-0.15, -0.1) is 0 Å². The van der Waals surface area contributed by atoms with Gasteiger partial charge in [-0.3, -0.25) is 19.3 Å². The fourth-order valence-electron chi connectivity index (χ4n) is 5.32. The number of fused-ring (bicyclic) bond motifs is 1. The molecule has 10 heteroatoms. The topological polar surface area (TPSA) is 119 Å². The zero-order valence-corrected chi connectivity index (χ0v) is 24.1. The number of pyridine rings is 1. The lowest BCUT2D eigenvalue weighted by atomic mass is 9.74. The van der Waals surface area contributed by atoms with Crippen LogP contribution in [0.3, 0.4) is 0 Å². The number of hydrogen-bond acceptors (Lipinski definition) is 8. The van der Waals surface area contributed by atoms with Gasteiger partial charge in [0.1, 0.15) is 23.9 Å². The lowest BCUT2D eigenvalue weighted by Gasteiger charge is -2.32. The van der Waals surface area contributed by atoms with Gasteiger partial charge in [0.25, 0.3) is 0 Å². The Labute approximate surface area is 248 Å². The summed E-state index contributed by atoms with van der Waals surface area (Å²) in [6.45, 7) is 5.43. The first-order valence-electron chi connectivity index (χ1n) is 13.5. The second-order valence-electron chi connectivity index (χ2n) is 9.69. The lowest BCUT2D eigenvalue weighted by molar-refractivity contribution is -0.146. The van der Waals surface area contributed by atoms with E-state index in [0.29, 0.717) is 27.6 Å². The van der Waals surface area contributed by atoms with Crippen molar-refractivity contribution in [1.82, 2.24) is 14.5 Å². The van der Waals surface area contributed by atoms with E-state index in [0.717, 1.165) is 22.5 Å². The van der Waals surface area contributed by atoms with E-state index in [1.54, 1.807) is 50.5 Å². The predicted octanol–water partition coefficient (Wildman–Crippen LogP) is 5.99. The van der Waals surface area contributed by atoms with E-state index in [2.05, 4.69) is 9.97 Å². The molecule has 0 saturated heterocycles. The number of imidazole rings is 1. The van der Waals surface area contributed by atoms with E-state index in [9.17, 15) is 9.59 Å². The lowest BCUT2D eigenvalue weighted by Crippen LogP contribution is -2.37. The summed E-state index contributed by atoms with van der Waals surface area (Å²) in [5, 5.41) is 9.32. The second-order valence-corrected chi connectivity index (χ2v) is 10.1. The number of nitriles is 1. The molecule has 212 valence electrons. The molecule has 0 amide bonds. The summed E-state index contributed by atoms with van der Waals surface area (Å²) in [5.41, 5.74) is 4.87. The highest BCUT2D eigenvalue weighted by molar-refractivity contribution is 6.31. The van der Waals surface area contributed by atoms with Gasteiger partial charge in [-0.2, -0.15) is 5.26 Å². The number of benzene rings is 2. The highest BCUT2D eigenvalue weighted by Crippen LogP contribution is 2.45. The van der Waals surface area contributed by atoms with Gasteiger partial charge < -0.3 is 9.47 Å². The largest absolute Gasteiger partial charge is 0.464 e. The first-order chi connectivity index (χ1) is 20.3. The van der Waals surface area contributed by atoms with Crippen LogP contribution in [-0.4, -0.2) is 45.4 Å². The SMILES string of the molecule is CCOC(=O)C1=C(c2ccc(-n3c(C)nc4cnccc43)cc2)N=C(C)C(C(=O)OCCC#N)C1c1ccccc1Cl. The number of halogens is 1. The van der Waals surface area contributed by atoms with Gasteiger partial charge in [0.05, 0.1) is 42.1 Å². The third kappa shape index (κ3) is 5.41. The number of aromatic nitrogens is 3. The molecule has 0 radical (unpaired) electrons. The molecular weight excluding hydrogens is 554 g/mol. The van der Waals surface area contributed by atoms with Crippen LogP contribution in [0.5, 0.6) is 0 Å². The zero-order valence-electron chi connectivity index (χ0n) is 23.4. The van der Waals surface area contributed by atoms with Gasteiger partial charge in [-0.05, 0) is 50.6 Å². The highest BCUT2D eigenvalue weighted by atomic mass is 35.5. The maximum atomic E-state index is 13.7. The normalized spacial score (nSPS) is 16.6. The van der Waals surface area contributed by atoms with E-state index in [-0.39, 0.29) is 25.2 Å². The van der Waals surface area contributed by atoms with Gasteiger partial charge in [-0.1, -0.05) is 41.9 Å². The maximum absolute atomic E-state index is 13.7. The number of ether oxygens (including phenoxy) is 2. The van der Waals surface area contributed by atoms with Gasteiger partial charge in [0.2, 0.25) is 0 Å². The fraction of sp³-hybridized carbons (Fsp3) is 0.250. The van der Waals surface area contributed by atoms with Crippen molar-refractivity contribution in [3.8, 4) is 11.8 Å². The van der Waals surface area contributed by atoms with Gasteiger partial charge in [-0.25, -0.2) is 9.78 Å². The highest BCUT2D eigenvalue weighted by Gasteiger charge is 2.44. The van der Waals surface area contributed by atoms with Crippen LogP contribution in [0.2, 0.25) is 5.02 Å². The molecule has 0 N–H and O–H groups in total. The minimum atomic E-state index is -0.945. The average molecular weight is 582 g/mol. The summed E-state index contributed by atoms with van der Waals surface area (Å²) in [6.07, 6.45) is 3.49. The van der Waals surface area contributed by atoms with Crippen LogP contribution in [0.1, 0.15) is 43.1 Å². The van der Waals surface area contributed by atoms with Crippen LogP contribution in [0, 0.1) is 24.2 Å². The zero-order chi connectivity index (χ0) is 29.8. The molecular formula is C32H28ClN5O4. The summed E-state index contributed by atoms with van der Waals surface area (Å²) < 4.78 is 13.0. The second kappa shape index (κ2) is 12.4. The Morgan fingerprint density at radius 3 is 2.55 bits per heavy atom. The van der Waals surface area contributed by atoms with E-state index in [4.69, 9.17) is 31.3 Å². The Balaban J connectivity index is 1.66. The minimum Gasteiger partial charge on any atom is -0.464 e. The monoisotopic (exact) mass is 581 g/mol. The Morgan fingerprint density at radius 1 is 1.07 bits per heavy atom. The molecule has 4 aromatic rings. The smallest absolute Gasteiger partial charge is 0.336 e. The first kappa shape index (κ1) is 28.7. The molecule has 2 aromatic heterocycles. The Hall–Kier alpha value is -4.81. The fourth-order valence-corrected chi connectivity index (χ4v) is 5.57. The summed E-state index contributed by atoms with van der Waals surface area (Å²) in [4.78, 5) is 40.6. The third-order valence-corrected chi connectivity index (χ3v) is 7.45. The number of carbonyl (C=O) groups excluding carboxylic acids is 2. The van der Waals surface area contributed by atoms with Gasteiger partial charge >= 0.3 is 11.9 Å². The standard InChI is InChI=1S/C32H28ClN5O4/c1-4-41-32(40)29-28(23-8-5-6-9-24(23)33)27(31(39)42-17-7-15-34)19(2)36-30(29)21-10-12-22(13-11-21)38-20(3)37-25-18-35-16-14-26(25)38/h5-6,8-14,16,18,27-28H,4,7,17H2,1-3H3. The summed E-state index contributed by atoms with van der Waals surface area (Å²) in [6, 6.07) is 18.6. The van der Waals surface area contributed by atoms with Crippen molar-refractivity contribution in [2.45, 2.75) is 33.1 Å². The molecule has 0 aliphatic carbocycles. The van der Waals surface area contributed by atoms with E-state index >= 15 is 0 Å². The molecule has 0 fully saturated rings. The van der Waals surface area contributed by atoms with Crippen molar-refractivity contribution in [2.75, 3.05) is 13.2 Å². The molecule has 5 rings (SSSR count). The van der Waals surface area contributed by atoms with E-state index in [1.807, 2.05) is 47.9 Å². The summed E-state index contributed by atoms with van der Waals surface area (Å²) in [7, 11) is 0. The molecule has 9 nitrogen and oxygen atoms in total. The van der Waals surface area contributed by atoms with Crippen LogP contribution in [0.25, 0.3) is 22.4 Å². The van der Waals surface area contributed by atoms with Gasteiger partial charge in [0.15, 0.2) is 0 Å². The molecule has 2 unspecified atom stereocenters. The minimum absolute atomic E-state index is 0.0474. The molecule has 0 spiro atoms. The molecule has 0 bridgehead atoms. The Morgan fingerprint density at radius 2 is 1.83 bits per heavy atom. The number of aryl methyl sites for hydroxylation is 1. The van der Waals surface area contributed by atoms with Crippen molar-refractivity contribution >= 4 is 46.0 Å². The first-order valence-corrected chi connectivity index (χ1v) is 13.9. The molecule has 2 atom stereocenters.